The number of benzene rings is 1. The van der Waals surface area contributed by atoms with E-state index in [9.17, 15) is 0 Å². The lowest BCUT2D eigenvalue weighted by Crippen LogP contribution is -1.91. The Morgan fingerprint density at radius 3 is 2.50 bits per heavy atom. The summed E-state index contributed by atoms with van der Waals surface area (Å²) in [7, 11) is 0. The molecule has 0 saturated carbocycles. The van der Waals surface area contributed by atoms with Crippen molar-refractivity contribution < 1.29 is 0 Å². The Kier molecular flexibility index (Phi) is 3.15. The fourth-order valence-electron chi connectivity index (χ4n) is 2.60. The molecule has 0 saturated heterocycles. The SMILES string of the molecule is C/C=C(/c1cn2cccc(C)c2n1)c1ccccc1C. The maximum atomic E-state index is 4.80. The van der Waals surface area contributed by atoms with Gasteiger partial charge in [-0.25, -0.2) is 4.98 Å². The number of aromatic nitrogens is 2. The number of pyridine rings is 1. The second kappa shape index (κ2) is 4.97. The third kappa shape index (κ3) is 2.03. The summed E-state index contributed by atoms with van der Waals surface area (Å²) in [6.45, 7) is 6.30. The second-order valence-electron chi connectivity index (χ2n) is 5.07. The van der Waals surface area contributed by atoms with Gasteiger partial charge in [-0.15, -0.1) is 0 Å². The van der Waals surface area contributed by atoms with Crippen molar-refractivity contribution in [3.05, 3.63) is 77.3 Å². The van der Waals surface area contributed by atoms with Gasteiger partial charge < -0.3 is 4.40 Å². The molecular formula is C18H18N2. The summed E-state index contributed by atoms with van der Waals surface area (Å²) in [5.74, 6) is 0. The molecule has 3 aromatic rings. The molecule has 0 bridgehead atoms. The van der Waals surface area contributed by atoms with Crippen molar-refractivity contribution in [2.75, 3.05) is 0 Å². The third-order valence-electron chi connectivity index (χ3n) is 3.68. The molecule has 0 aliphatic carbocycles. The zero-order valence-electron chi connectivity index (χ0n) is 12.1. The lowest BCUT2D eigenvalue weighted by Gasteiger charge is -2.07. The molecule has 2 heteroatoms. The number of imidazole rings is 1. The molecule has 2 heterocycles. The molecule has 0 N–H and O–H groups in total. The van der Waals surface area contributed by atoms with E-state index in [1.807, 2.05) is 6.20 Å². The fourth-order valence-corrected chi connectivity index (χ4v) is 2.60. The molecule has 0 spiro atoms. The van der Waals surface area contributed by atoms with Crippen LogP contribution in [0.25, 0.3) is 11.2 Å². The maximum Gasteiger partial charge on any atom is 0.140 e. The summed E-state index contributed by atoms with van der Waals surface area (Å²) < 4.78 is 2.09. The first-order chi connectivity index (χ1) is 9.70. The van der Waals surface area contributed by atoms with Crippen molar-refractivity contribution in [3.63, 3.8) is 0 Å². The Balaban J connectivity index is 2.18. The number of rotatable bonds is 2. The summed E-state index contributed by atoms with van der Waals surface area (Å²) in [5.41, 5.74) is 6.95. The minimum Gasteiger partial charge on any atom is -0.306 e. The van der Waals surface area contributed by atoms with Crippen LogP contribution in [-0.2, 0) is 0 Å². The van der Waals surface area contributed by atoms with Crippen molar-refractivity contribution in [1.82, 2.24) is 9.38 Å². The molecule has 0 unspecified atom stereocenters. The third-order valence-corrected chi connectivity index (χ3v) is 3.68. The largest absolute Gasteiger partial charge is 0.306 e. The van der Waals surface area contributed by atoms with Gasteiger partial charge in [0.1, 0.15) is 5.65 Å². The first-order valence-corrected chi connectivity index (χ1v) is 6.87. The Morgan fingerprint density at radius 2 is 1.80 bits per heavy atom. The molecule has 0 atom stereocenters. The number of aryl methyl sites for hydroxylation is 2. The lowest BCUT2D eigenvalue weighted by atomic mass is 9.98. The summed E-state index contributed by atoms with van der Waals surface area (Å²) >= 11 is 0. The highest BCUT2D eigenvalue weighted by atomic mass is 15.0. The lowest BCUT2D eigenvalue weighted by molar-refractivity contribution is 1.16. The van der Waals surface area contributed by atoms with Crippen LogP contribution in [0.3, 0.4) is 0 Å². The number of nitrogens with zero attached hydrogens (tertiary/aromatic N) is 2. The van der Waals surface area contributed by atoms with Gasteiger partial charge in [0.2, 0.25) is 0 Å². The van der Waals surface area contributed by atoms with E-state index in [0.29, 0.717) is 0 Å². The number of allylic oxidation sites excluding steroid dienone is 1. The monoisotopic (exact) mass is 262 g/mol. The predicted molar refractivity (Wildman–Crippen MR) is 83.9 cm³/mol. The highest BCUT2D eigenvalue weighted by molar-refractivity contribution is 5.80. The highest BCUT2D eigenvalue weighted by Crippen LogP contribution is 2.26. The second-order valence-corrected chi connectivity index (χ2v) is 5.07. The van der Waals surface area contributed by atoms with Crippen LogP contribution < -0.4 is 0 Å². The van der Waals surface area contributed by atoms with Gasteiger partial charge in [-0.2, -0.15) is 0 Å². The number of hydrogen-bond acceptors (Lipinski definition) is 1. The summed E-state index contributed by atoms with van der Waals surface area (Å²) in [5, 5.41) is 0. The minimum atomic E-state index is 1.02. The molecule has 0 radical (unpaired) electrons. The first kappa shape index (κ1) is 12.7. The van der Waals surface area contributed by atoms with Gasteiger partial charge >= 0.3 is 0 Å². The van der Waals surface area contributed by atoms with Crippen LogP contribution in [-0.4, -0.2) is 9.38 Å². The van der Waals surface area contributed by atoms with Gasteiger partial charge in [0, 0.05) is 18.0 Å². The molecule has 0 amide bonds. The first-order valence-electron chi connectivity index (χ1n) is 6.87. The van der Waals surface area contributed by atoms with E-state index in [4.69, 9.17) is 4.98 Å². The van der Waals surface area contributed by atoms with Crippen LogP contribution in [0.1, 0.15) is 29.3 Å². The number of hydrogen-bond donors (Lipinski definition) is 0. The van der Waals surface area contributed by atoms with E-state index in [-0.39, 0.29) is 0 Å². The van der Waals surface area contributed by atoms with Gasteiger partial charge in [0.15, 0.2) is 0 Å². The standard InChI is InChI=1S/C18H18N2/c1-4-15(16-10-6-5-8-13(16)2)17-12-20-11-7-9-14(3)18(20)19-17/h4-12H,1-3H3/b15-4+. The summed E-state index contributed by atoms with van der Waals surface area (Å²) in [6.07, 6.45) is 6.29. The van der Waals surface area contributed by atoms with Gasteiger partial charge in [0.05, 0.1) is 5.69 Å². The maximum absolute atomic E-state index is 4.80. The van der Waals surface area contributed by atoms with Crippen LogP contribution in [0, 0.1) is 13.8 Å². The van der Waals surface area contributed by atoms with Gasteiger partial charge in [-0.1, -0.05) is 36.4 Å². The van der Waals surface area contributed by atoms with E-state index in [1.165, 1.54) is 22.3 Å². The van der Waals surface area contributed by atoms with Gasteiger partial charge in [-0.3, -0.25) is 0 Å². The zero-order chi connectivity index (χ0) is 14.1. The molecule has 20 heavy (non-hydrogen) atoms. The normalized spacial score (nSPS) is 12.1. The number of fused-ring (bicyclic) bond motifs is 1. The van der Waals surface area contributed by atoms with E-state index in [1.54, 1.807) is 0 Å². The van der Waals surface area contributed by atoms with Crippen LogP contribution >= 0.6 is 0 Å². The molecule has 0 aliphatic heterocycles. The molecule has 2 nitrogen and oxygen atoms in total. The summed E-state index contributed by atoms with van der Waals surface area (Å²) in [4.78, 5) is 4.80. The predicted octanol–water partition coefficient (Wildman–Crippen LogP) is 4.40. The van der Waals surface area contributed by atoms with Crippen molar-refractivity contribution >= 4 is 11.2 Å². The molecule has 2 aromatic heterocycles. The van der Waals surface area contributed by atoms with E-state index >= 15 is 0 Å². The topological polar surface area (TPSA) is 17.3 Å². The molecule has 100 valence electrons. The molecule has 0 fully saturated rings. The van der Waals surface area contributed by atoms with Crippen LogP contribution in [0.5, 0.6) is 0 Å². The van der Waals surface area contributed by atoms with E-state index in [0.717, 1.165) is 11.3 Å². The van der Waals surface area contributed by atoms with Crippen LogP contribution in [0.4, 0.5) is 0 Å². The van der Waals surface area contributed by atoms with Crippen LogP contribution in [0.2, 0.25) is 0 Å². The minimum absolute atomic E-state index is 1.02. The quantitative estimate of drug-likeness (QED) is 0.669. The molecule has 1 aromatic carbocycles. The van der Waals surface area contributed by atoms with Crippen molar-refractivity contribution in [2.45, 2.75) is 20.8 Å². The molecular weight excluding hydrogens is 244 g/mol. The Labute approximate surface area is 119 Å². The fraction of sp³-hybridized carbons (Fsp3) is 0.167. The Morgan fingerprint density at radius 1 is 1.05 bits per heavy atom. The van der Waals surface area contributed by atoms with Crippen molar-refractivity contribution in [1.29, 1.82) is 0 Å². The molecule has 0 aliphatic rings. The Hall–Kier alpha value is -2.35. The molecule has 3 rings (SSSR count). The smallest absolute Gasteiger partial charge is 0.140 e. The van der Waals surface area contributed by atoms with E-state index < -0.39 is 0 Å². The highest BCUT2D eigenvalue weighted by Gasteiger charge is 2.11. The average Bonchev–Trinajstić information content (AvgIpc) is 2.87. The van der Waals surface area contributed by atoms with Gasteiger partial charge in [0.25, 0.3) is 0 Å². The van der Waals surface area contributed by atoms with Gasteiger partial charge in [-0.05, 0) is 43.5 Å². The Bertz CT molecular complexity index is 794. The van der Waals surface area contributed by atoms with Crippen molar-refractivity contribution in [3.8, 4) is 0 Å². The van der Waals surface area contributed by atoms with E-state index in [2.05, 4.69) is 73.8 Å². The van der Waals surface area contributed by atoms with Crippen molar-refractivity contribution in [2.24, 2.45) is 0 Å². The summed E-state index contributed by atoms with van der Waals surface area (Å²) in [6, 6.07) is 12.6. The zero-order valence-corrected chi connectivity index (χ0v) is 12.1. The average molecular weight is 262 g/mol. The van der Waals surface area contributed by atoms with Crippen LogP contribution in [0.15, 0.2) is 54.9 Å².